The summed E-state index contributed by atoms with van der Waals surface area (Å²) in [6.07, 6.45) is 0.793. The van der Waals surface area contributed by atoms with Crippen LogP contribution in [-0.2, 0) is 6.42 Å². The van der Waals surface area contributed by atoms with Gasteiger partial charge in [-0.2, -0.15) is 5.26 Å². The number of rotatable bonds is 4. The van der Waals surface area contributed by atoms with Gasteiger partial charge in [0.15, 0.2) is 0 Å². The SMILES string of the molecule is CC(NC(=O)Nc1ccc2c(c1)C(=O)NCC2)c1ccc(-c2cccc(C#N)c2)cc1. The van der Waals surface area contributed by atoms with Gasteiger partial charge in [-0.3, -0.25) is 4.79 Å². The van der Waals surface area contributed by atoms with Gasteiger partial charge in [-0.25, -0.2) is 4.79 Å². The Hall–Kier alpha value is -4.11. The van der Waals surface area contributed by atoms with Crippen LogP contribution in [0.1, 0.15) is 40.0 Å². The zero-order valence-electron chi connectivity index (χ0n) is 17.1. The normalized spacial score (nSPS) is 13.4. The van der Waals surface area contributed by atoms with Crippen molar-refractivity contribution in [2.45, 2.75) is 19.4 Å². The molecule has 4 rings (SSSR count). The lowest BCUT2D eigenvalue weighted by Crippen LogP contribution is -2.33. The molecule has 154 valence electrons. The zero-order chi connectivity index (χ0) is 21.8. The summed E-state index contributed by atoms with van der Waals surface area (Å²) >= 11 is 0. The van der Waals surface area contributed by atoms with E-state index in [4.69, 9.17) is 5.26 Å². The quantitative estimate of drug-likeness (QED) is 0.595. The van der Waals surface area contributed by atoms with Gasteiger partial charge in [0.25, 0.3) is 5.91 Å². The highest BCUT2D eigenvalue weighted by Crippen LogP contribution is 2.23. The van der Waals surface area contributed by atoms with Crippen molar-refractivity contribution in [3.8, 4) is 17.2 Å². The van der Waals surface area contributed by atoms with Crippen LogP contribution in [-0.4, -0.2) is 18.5 Å². The van der Waals surface area contributed by atoms with Gasteiger partial charge in [0.05, 0.1) is 17.7 Å². The summed E-state index contributed by atoms with van der Waals surface area (Å²) in [6.45, 7) is 2.55. The first-order chi connectivity index (χ1) is 15.0. The highest BCUT2D eigenvalue weighted by atomic mass is 16.2. The van der Waals surface area contributed by atoms with Crippen LogP contribution in [0.2, 0.25) is 0 Å². The van der Waals surface area contributed by atoms with E-state index in [0.717, 1.165) is 28.7 Å². The van der Waals surface area contributed by atoms with Crippen LogP contribution in [0.15, 0.2) is 66.7 Å². The van der Waals surface area contributed by atoms with Gasteiger partial charge in [-0.1, -0.05) is 42.5 Å². The summed E-state index contributed by atoms with van der Waals surface area (Å²) in [6, 6.07) is 22.3. The zero-order valence-corrected chi connectivity index (χ0v) is 17.1. The summed E-state index contributed by atoms with van der Waals surface area (Å²) in [5.74, 6) is -0.112. The van der Waals surface area contributed by atoms with E-state index in [1.54, 1.807) is 12.1 Å². The number of amides is 3. The van der Waals surface area contributed by atoms with Gasteiger partial charge < -0.3 is 16.0 Å². The van der Waals surface area contributed by atoms with Crippen LogP contribution in [0.3, 0.4) is 0 Å². The number of carbonyl (C=O) groups is 2. The number of carbonyl (C=O) groups excluding carboxylic acids is 2. The predicted molar refractivity (Wildman–Crippen MR) is 120 cm³/mol. The van der Waals surface area contributed by atoms with Crippen LogP contribution in [0.5, 0.6) is 0 Å². The molecule has 0 bridgehead atoms. The molecule has 0 radical (unpaired) electrons. The number of anilines is 1. The maximum Gasteiger partial charge on any atom is 0.319 e. The molecule has 1 aliphatic rings. The summed E-state index contributed by atoms with van der Waals surface area (Å²) < 4.78 is 0. The van der Waals surface area contributed by atoms with Gasteiger partial charge in [-0.05, 0) is 59.9 Å². The van der Waals surface area contributed by atoms with E-state index in [0.29, 0.717) is 23.4 Å². The molecule has 1 heterocycles. The summed E-state index contributed by atoms with van der Waals surface area (Å²) in [5, 5.41) is 17.6. The molecule has 0 saturated carbocycles. The predicted octanol–water partition coefficient (Wildman–Crippen LogP) is 4.39. The first-order valence-electron chi connectivity index (χ1n) is 10.1. The average Bonchev–Trinajstić information content (AvgIpc) is 2.79. The summed E-state index contributed by atoms with van der Waals surface area (Å²) in [7, 11) is 0. The molecule has 0 aliphatic carbocycles. The molecule has 3 aromatic carbocycles. The molecule has 0 saturated heterocycles. The molecule has 3 N–H and O–H groups in total. The minimum absolute atomic E-state index is 0.112. The lowest BCUT2D eigenvalue weighted by atomic mass is 10.00. The minimum Gasteiger partial charge on any atom is -0.352 e. The third-order valence-electron chi connectivity index (χ3n) is 5.38. The van der Waals surface area contributed by atoms with E-state index in [-0.39, 0.29) is 18.0 Å². The standard InChI is InChI=1S/C25H22N4O2/c1-16(18-5-7-19(8-6-18)21-4-2-3-17(13-21)15-26)28-25(31)29-22-10-9-20-11-12-27-24(30)23(20)14-22/h2-10,13-14,16H,11-12H2,1H3,(H,27,30)(H2,28,29,31). The number of benzene rings is 3. The Balaban J connectivity index is 1.40. The van der Waals surface area contributed by atoms with Crippen LogP contribution >= 0.6 is 0 Å². The van der Waals surface area contributed by atoms with Crippen LogP contribution in [0.4, 0.5) is 10.5 Å². The number of urea groups is 1. The fraction of sp³-hybridized carbons (Fsp3) is 0.160. The second kappa shape index (κ2) is 8.72. The molecule has 6 nitrogen and oxygen atoms in total. The Kier molecular flexibility index (Phi) is 5.67. The van der Waals surface area contributed by atoms with E-state index < -0.39 is 0 Å². The monoisotopic (exact) mass is 410 g/mol. The topological polar surface area (TPSA) is 94.0 Å². The summed E-state index contributed by atoms with van der Waals surface area (Å²) in [5.41, 5.74) is 5.73. The third-order valence-corrected chi connectivity index (χ3v) is 5.38. The molecule has 3 amide bonds. The fourth-order valence-corrected chi connectivity index (χ4v) is 3.67. The number of fused-ring (bicyclic) bond motifs is 1. The van der Waals surface area contributed by atoms with E-state index in [2.05, 4.69) is 22.0 Å². The van der Waals surface area contributed by atoms with E-state index >= 15 is 0 Å². The van der Waals surface area contributed by atoms with Crippen LogP contribution in [0, 0.1) is 11.3 Å². The number of nitriles is 1. The molecule has 1 unspecified atom stereocenters. The molecule has 3 aromatic rings. The van der Waals surface area contributed by atoms with Crippen molar-refractivity contribution in [2.75, 3.05) is 11.9 Å². The maximum atomic E-state index is 12.5. The number of hydrogen-bond acceptors (Lipinski definition) is 3. The third kappa shape index (κ3) is 4.57. The Labute approximate surface area is 180 Å². The number of nitrogens with zero attached hydrogens (tertiary/aromatic N) is 1. The van der Waals surface area contributed by atoms with Gasteiger partial charge in [0.2, 0.25) is 0 Å². The second-order valence-electron chi connectivity index (χ2n) is 7.51. The molecule has 0 fully saturated rings. The van der Waals surface area contributed by atoms with Crippen molar-refractivity contribution in [2.24, 2.45) is 0 Å². The summed E-state index contributed by atoms with van der Waals surface area (Å²) in [4.78, 5) is 24.4. The Morgan fingerprint density at radius 3 is 2.65 bits per heavy atom. The number of nitrogens with one attached hydrogen (secondary N) is 3. The van der Waals surface area contributed by atoms with Crippen molar-refractivity contribution in [3.63, 3.8) is 0 Å². The molecule has 6 heteroatoms. The molecule has 31 heavy (non-hydrogen) atoms. The van der Waals surface area contributed by atoms with E-state index in [9.17, 15) is 9.59 Å². The van der Waals surface area contributed by atoms with Crippen molar-refractivity contribution < 1.29 is 9.59 Å². The lowest BCUT2D eigenvalue weighted by Gasteiger charge is -2.18. The highest BCUT2D eigenvalue weighted by molar-refractivity contribution is 5.99. The van der Waals surface area contributed by atoms with Gasteiger partial charge in [0.1, 0.15) is 0 Å². The van der Waals surface area contributed by atoms with Gasteiger partial charge in [0, 0.05) is 17.8 Å². The second-order valence-corrected chi connectivity index (χ2v) is 7.51. The Bertz CT molecular complexity index is 1180. The van der Waals surface area contributed by atoms with Gasteiger partial charge >= 0.3 is 6.03 Å². The molecular weight excluding hydrogens is 388 g/mol. The maximum absolute atomic E-state index is 12.5. The van der Waals surface area contributed by atoms with Crippen molar-refractivity contribution in [1.82, 2.24) is 10.6 Å². The van der Waals surface area contributed by atoms with Crippen molar-refractivity contribution in [3.05, 3.63) is 89.0 Å². The minimum atomic E-state index is -0.338. The van der Waals surface area contributed by atoms with Crippen molar-refractivity contribution in [1.29, 1.82) is 5.26 Å². The molecule has 0 spiro atoms. The molecule has 1 aliphatic heterocycles. The Morgan fingerprint density at radius 2 is 1.87 bits per heavy atom. The first-order valence-corrected chi connectivity index (χ1v) is 10.1. The average molecular weight is 410 g/mol. The smallest absolute Gasteiger partial charge is 0.319 e. The van der Waals surface area contributed by atoms with Crippen LogP contribution in [0.25, 0.3) is 11.1 Å². The Morgan fingerprint density at radius 1 is 1.06 bits per heavy atom. The van der Waals surface area contributed by atoms with Crippen molar-refractivity contribution >= 4 is 17.6 Å². The molecule has 1 atom stereocenters. The first kappa shape index (κ1) is 20.2. The fourth-order valence-electron chi connectivity index (χ4n) is 3.67. The molecule has 0 aromatic heterocycles. The lowest BCUT2D eigenvalue weighted by molar-refractivity contribution is 0.0946. The highest BCUT2D eigenvalue weighted by Gasteiger charge is 2.17. The van der Waals surface area contributed by atoms with E-state index in [1.165, 1.54) is 0 Å². The van der Waals surface area contributed by atoms with E-state index in [1.807, 2.05) is 61.5 Å². The van der Waals surface area contributed by atoms with Crippen LogP contribution < -0.4 is 16.0 Å². The number of hydrogen-bond donors (Lipinski definition) is 3. The van der Waals surface area contributed by atoms with Gasteiger partial charge in [-0.15, -0.1) is 0 Å². The largest absolute Gasteiger partial charge is 0.352 e. The molecular formula is C25H22N4O2.